The van der Waals surface area contributed by atoms with Gasteiger partial charge in [0.15, 0.2) is 5.82 Å². The summed E-state index contributed by atoms with van der Waals surface area (Å²) < 4.78 is 0. The summed E-state index contributed by atoms with van der Waals surface area (Å²) >= 11 is 6.29. The lowest BCUT2D eigenvalue weighted by Gasteiger charge is -2.13. The van der Waals surface area contributed by atoms with Gasteiger partial charge in [-0.05, 0) is 30.2 Å². The molecule has 3 rings (SSSR count). The lowest BCUT2D eigenvalue weighted by Crippen LogP contribution is -3.00. The number of anilines is 1. The first-order valence-corrected chi connectivity index (χ1v) is 7.78. The molecule has 0 aliphatic carbocycles. The van der Waals surface area contributed by atoms with Crippen molar-refractivity contribution in [3.8, 4) is 11.4 Å². The van der Waals surface area contributed by atoms with Gasteiger partial charge in [-0.15, -0.1) is 0 Å². The molecule has 0 aliphatic rings. The summed E-state index contributed by atoms with van der Waals surface area (Å²) in [4.78, 5) is 9.36. The Hall–Kier alpha value is -1.84. The maximum atomic E-state index is 6.29. The van der Waals surface area contributed by atoms with Crippen molar-refractivity contribution < 1.29 is 12.4 Å². The minimum absolute atomic E-state index is 0. The van der Waals surface area contributed by atoms with Gasteiger partial charge >= 0.3 is 0 Å². The lowest BCUT2D eigenvalue weighted by molar-refractivity contribution is -0.00000459. The van der Waals surface area contributed by atoms with Crippen LogP contribution in [-0.4, -0.2) is 16.5 Å². The fraction of sp³-hybridized carbons (Fsp3) is 0.222. The Labute approximate surface area is 147 Å². The fourth-order valence-corrected chi connectivity index (χ4v) is 2.50. The number of fused-ring (bicyclic) bond motifs is 1. The third-order valence-corrected chi connectivity index (χ3v) is 3.73. The molecule has 0 fully saturated rings. The van der Waals surface area contributed by atoms with E-state index in [9.17, 15) is 0 Å². The molecular weight excluding hydrogens is 329 g/mol. The topological polar surface area (TPSA) is 37.8 Å². The van der Waals surface area contributed by atoms with Crippen LogP contribution in [0.15, 0.2) is 48.5 Å². The van der Waals surface area contributed by atoms with Gasteiger partial charge in [-0.3, -0.25) is 0 Å². The molecule has 1 N–H and O–H groups in total. The van der Waals surface area contributed by atoms with Crippen LogP contribution in [0.2, 0.25) is 5.02 Å². The predicted molar refractivity (Wildman–Crippen MR) is 93.3 cm³/mol. The first-order chi connectivity index (χ1) is 10.6. The number of hydrogen-bond donors (Lipinski definition) is 1. The third-order valence-electron chi connectivity index (χ3n) is 3.40. The monoisotopic (exact) mass is 346 g/mol. The van der Waals surface area contributed by atoms with Gasteiger partial charge < -0.3 is 17.7 Å². The van der Waals surface area contributed by atoms with E-state index >= 15 is 0 Å². The van der Waals surface area contributed by atoms with Crippen molar-refractivity contribution >= 4 is 28.3 Å². The Morgan fingerprint density at radius 2 is 1.70 bits per heavy atom. The van der Waals surface area contributed by atoms with E-state index in [2.05, 4.69) is 24.1 Å². The SMILES string of the molecule is CC(C)CNc1nc(-c2ccccc2Cl)nc2ccccc12.[Cl-]. The second-order valence-electron chi connectivity index (χ2n) is 5.67. The zero-order valence-corrected chi connectivity index (χ0v) is 14.6. The van der Waals surface area contributed by atoms with Gasteiger partial charge in [0.2, 0.25) is 0 Å². The zero-order valence-electron chi connectivity index (χ0n) is 13.1. The quantitative estimate of drug-likeness (QED) is 0.785. The molecule has 1 heterocycles. The number of aromatic nitrogens is 2. The van der Waals surface area contributed by atoms with E-state index in [1.165, 1.54) is 0 Å². The first-order valence-electron chi connectivity index (χ1n) is 7.40. The number of para-hydroxylation sites is 1. The highest BCUT2D eigenvalue weighted by atomic mass is 35.5. The molecule has 0 radical (unpaired) electrons. The lowest BCUT2D eigenvalue weighted by atomic mass is 10.1. The number of halogens is 2. The average Bonchev–Trinajstić information content (AvgIpc) is 2.52. The molecule has 1 aromatic heterocycles. The molecule has 0 atom stereocenters. The minimum Gasteiger partial charge on any atom is -1.00 e. The van der Waals surface area contributed by atoms with E-state index in [0.29, 0.717) is 16.8 Å². The van der Waals surface area contributed by atoms with E-state index in [4.69, 9.17) is 16.6 Å². The Kier molecular flexibility index (Phi) is 5.80. The van der Waals surface area contributed by atoms with Crippen LogP contribution in [0.4, 0.5) is 5.82 Å². The van der Waals surface area contributed by atoms with Crippen LogP contribution < -0.4 is 17.7 Å². The first kappa shape index (κ1) is 17.5. The van der Waals surface area contributed by atoms with Crippen molar-refractivity contribution in [3.63, 3.8) is 0 Å². The van der Waals surface area contributed by atoms with Crippen molar-refractivity contribution in [1.29, 1.82) is 0 Å². The largest absolute Gasteiger partial charge is 1.00 e. The van der Waals surface area contributed by atoms with E-state index in [0.717, 1.165) is 28.8 Å². The van der Waals surface area contributed by atoms with Gasteiger partial charge in [0.25, 0.3) is 0 Å². The second kappa shape index (κ2) is 7.62. The van der Waals surface area contributed by atoms with E-state index in [1.54, 1.807) is 0 Å². The van der Waals surface area contributed by atoms with Gasteiger partial charge in [-0.25, -0.2) is 9.97 Å². The van der Waals surface area contributed by atoms with Crippen LogP contribution in [0.25, 0.3) is 22.3 Å². The summed E-state index contributed by atoms with van der Waals surface area (Å²) in [5, 5.41) is 5.11. The number of hydrogen-bond acceptors (Lipinski definition) is 3. The molecular formula is C18H18Cl2N3-. The van der Waals surface area contributed by atoms with Gasteiger partial charge in [0.1, 0.15) is 5.82 Å². The normalized spacial score (nSPS) is 10.6. The van der Waals surface area contributed by atoms with E-state index in [-0.39, 0.29) is 12.4 Å². The Bertz CT molecular complexity index is 803. The Balaban J connectivity index is 0.00000192. The van der Waals surface area contributed by atoms with Crippen molar-refractivity contribution in [3.05, 3.63) is 53.6 Å². The van der Waals surface area contributed by atoms with Crippen LogP contribution in [0.5, 0.6) is 0 Å². The molecule has 0 aliphatic heterocycles. The van der Waals surface area contributed by atoms with Crippen molar-refractivity contribution in [2.24, 2.45) is 5.92 Å². The van der Waals surface area contributed by atoms with Gasteiger partial charge in [0.05, 0.1) is 10.5 Å². The van der Waals surface area contributed by atoms with Gasteiger partial charge in [-0.2, -0.15) is 0 Å². The number of rotatable bonds is 4. The summed E-state index contributed by atoms with van der Waals surface area (Å²) in [5.41, 5.74) is 1.76. The maximum absolute atomic E-state index is 6.29. The standard InChI is InChI=1S/C18H18ClN3.ClH/c1-12(2)11-20-17-14-8-4-6-10-16(14)21-18(22-17)13-7-3-5-9-15(13)19;/h3-10,12H,11H2,1-2H3,(H,20,21,22);1H/p-1. The van der Waals surface area contributed by atoms with E-state index in [1.807, 2.05) is 48.5 Å². The summed E-state index contributed by atoms with van der Waals surface area (Å²) in [5.74, 6) is 2.04. The van der Waals surface area contributed by atoms with Crippen molar-refractivity contribution in [2.45, 2.75) is 13.8 Å². The number of nitrogens with zero attached hydrogens (tertiary/aromatic N) is 2. The van der Waals surface area contributed by atoms with Crippen LogP contribution >= 0.6 is 11.6 Å². The zero-order chi connectivity index (χ0) is 15.5. The highest BCUT2D eigenvalue weighted by Crippen LogP contribution is 2.29. The van der Waals surface area contributed by atoms with Crippen LogP contribution in [0.3, 0.4) is 0 Å². The highest BCUT2D eigenvalue weighted by Gasteiger charge is 2.11. The predicted octanol–water partition coefficient (Wildman–Crippen LogP) is 2.02. The molecule has 0 saturated heterocycles. The fourth-order valence-electron chi connectivity index (χ4n) is 2.28. The summed E-state index contributed by atoms with van der Waals surface area (Å²) in [6, 6.07) is 15.7. The summed E-state index contributed by atoms with van der Waals surface area (Å²) in [6.07, 6.45) is 0. The molecule has 0 bridgehead atoms. The molecule has 0 unspecified atom stereocenters. The van der Waals surface area contributed by atoms with Gasteiger partial charge in [-0.1, -0.05) is 49.7 Å². The van der Waals surface area contributed by atoms with Crippen molar-refractivity contribution in [2.75, 3.05) is 11.9 Å². The maximum Gasteiger partial charge on any atom is 0.163 e. The highest BCUT2D eigenvalue weighted by molar-refractivity contribution is 6.33. The van der Waals surface area contributed by atoms with Gasteiger partial charge in [0, 0.05) is 17.5 Å². The molecule has 5 heteroatoms. The smallest absolute Gasteiger partial charge is 0.163 e. The van der Waals surface area contributed by atoms with Crippen LogP contribution in [0, 0.1) is 5.92 Å². The molecule has 3 aromatic rings. The summed E-state index contributed by atoms with van der Waals surface area (Å²) in [6.45, 7) is 5.21. The molecule has 3 nitrogen and oxygen atoms in total. The second-order valence-corrected chi connectivity index (χ2v) is 6.07. The van der Waals surface area contributed by atoms with Crippen LogP contribution in [0.1, 0.15) is 13.8 Å². The minimum atomic E-state index is 0. The molecule has 0 saturated carbocycles. The Morgan fingerprint density at radius 1 is 1.00 bits per heavy atom. The number of benzene rings is 2. The molecule has 0 amide bonds. The molecule has 0 spiro atoms. The van der Waals surface area contributed by atoms with E-state index < -0.39 is 0 Å². The third kappa shape index (κ3) is 3.92. The average molecular weight is 347 g/mol. The number of nitrogens with one attached hydrogen (secondary N) is 1. The Morgan fingerprint density at radius 3 is 2.43 bits per heavy atom. The molecule has 2 aromatic carbocycles. The summed E-state index contributed by atoms with van der Waals surface area (Å²) in [7, 11) is 0. The van der Waals surface area contributed by atoms with Crippen molar-refractivity contribution in [1.82, 2.24) is 9.97 Å². The molecule has 23 heavy (non-hydrogen) atoms. The molecule has 120 valence electrons. The van der Waals surface area contributed by atoms with Crippen LogP contribution in [-0.2, 0) is 0 Å².